The summed E-state index contributed by atoms with van der Waals surface area (Å²) in [4.78, 5) is 0.0124. The highest BCUT2D eigenvalue weighted by Crippen LogP contribution is 2.29. The number of halogens is 1. The Morgan fingerprint density at radius 1 is 0.905 bits per heavy atom. The van der Waals surface area contributed by atoms with Gasteiger partial charge in [0.05, 0.1) is 18.7 Å². The van der Waals surface area contributed by atoms with Crippen molar-refractivity contribution >= 4 is 26.0 Å². The summed E-state index contributed by atoms with van der Waals surface area (Å²) in [6.45, 7) is 0. The van der Waals surface area contributed by atoms with Crippen LogP contribution in [0.25, 0.3) is 0 Å². The molecular weight excluding hydrogens is 360 g/mol. The van der Waals surface area contributed by atoms with Crippen molar-refractivity contribution in [2.24, 2.45) is 0 Å². The predicted octanol–water partition coefficient (Wildman–Crippen LogP) is 3.23. The molecule has 0 unspecified atom stereocenters. The van der Waals surface area contributed by atoms with Gasteiger partial charge in [0.2, 0.25) is 0 Å². The number of rotatable bonds is 5. The molecular formula is C14H13BrO5S. The number of benzene rings is 2. The van der Waals surface area contributed by atoms with Gasteiger partial charge in [0.15, 0.2) is 0 Å². The Kier molecular flexibility index (Phi) is 4.74. The van der Waals surface area contributed by atoms with Crippen LogP contribution >= 0.6 is 15.9 Å². The van der Waals surface area contributed by atoms with E-state index in [1.54, 1.807) is 18.2 Å². The molecule has 0 saturated heterocycles. The van der Waals surface area contributed by atoms with E-state index in [9.17, 15) is 8.42 Å². The average molecular weight is 373 g/mol. The van der Waals surface area contributed by atoms with Gasteiger partial charge in [-0.25, -0.2) is 0 Å². The summed E-state index contributed by atoms with van der Waals surface area (Å²) < 4.78 is 40.2. The monoisotopic (exact) mass is 372 g/mol. The molecule has 0 bridgehead atoms. The lowest BCUT2D eigenvalue weighted by molar-refractivity contribution is 0.410. The minimum absolute atomic E-state index is 0.0124. The maximum absolute atomic E-state index is 12.2. The summed E-state index contributed by atoms with van der Waals surface area (Å²) >= 11 is 3.27. The Hall–Kier alpha value is -1.73. The predicted molar refractivity (Wildman–Crippen MR) is 81.5 cm³/mol. The molecule has 2 rings (SSSR count). The first-order valence-electron chi connectivity index (χ1n) is 5.88. The summed E-state index contributed by atoms with van der Waals surface area (Å²) in [5.41, 5.74) is 0. The van der Waals surface area contributed by atoms with E-state index in [4.69, 9.17) is 13.7 Å². The molecule has 0 aliphatic rings. The van der Waals surface area contributed by atoms with E-state index < -0.39 is 10.1 Å². The molecule has 5 nitrogen and oxygen atoms in total. The normalized spacial score (nSPS) is 11.0. The molecule has 0 aromatic heterocycles. The standard InChI is InChI=1S/C14H13BrO5S/c1-18-10-3-5-11(6-4-10)20-21(16,17)12-7-8-13(15)14(9-12)19-2/h3-9H,1-2H3. The number of hydrogen-bond acceptors (Lipinski definition) is 5. The molecule has 21 heavy (non-hydrogen) atoms. The van der Waals surface area contributed by atoms with Gasteiger partial charge in [-0.2, -0.15) is 8.42 Å². The Bertz CT molecular complexity index is 726. The van der Waals surface area contributed by atoms with Gasteiger partial charge >= 0.3 is 10.1 Å². The average Bonchev–Trinajstić information content (AvgIpc) is 2.48. The smallest absolute Gasteiger partial charge is 0.339 e. The third-order valence-corrected chi connectivity index (χ3v) is 4.57. The van der Waals surface area contributed by atoms with Gasteiger partial charge in [0.25, 0.3) is 0 Å². The molecule has 0 spiro atoms. The molecule has 112 valence electrons. The Morgan fingerprint density at radius 2 is 1.52 bits per heavy atom. The lowest BCUT2D eigenvalue weighted by Gasteiger charge is -2.09. The number of ether oxygens (including phenoxy) is 2. The topological polar surface area (TPSA) is 61.8 Å². The minimum atomic E-state index is -3.92. The summed E-state index contributed by atoms with van der Waals surface area (Å²) in [6, 6.07) is 10.7. The Labute approximate surface area is 131 Å². The number of hydrogen-bond donors (Lipinski definition) is 0. The van der Waals surface area contributed by atoms with Crippen molar-refractivity contribution in [3.05, 3.63) is 46.9 Å². The van der Waals surface area contributed by atoms with Crippen molar-refractivity contribution in [3.63, 3.8) is 0 Å². The summed E-state index contributed by atoms with van der Waals surface area (Å²) in [7, 11) is -0.936. The Morgan fingerprint density at radius 3 is 2.10 bits per heavy atom. The van der Waals surface area contributed by atoms with Gasteiger partial charge in [-0.15, -0.1) is 0 Å². The highest BCUT2D eigenvalue weighted by atomic mass is 79.9. The second kappa shape index (κ2) is 6.36. The third kappa shape index (κ3) is 3.68. The molecule has 0 radical (unpaired) electrons. The zero-order valence-electron chi connectivity index (χ0n) is 11.4. The molecule has 7 heteroatoms. The van der Waals surface area contributed by atoms with Crippen LogP contribution in [0.2, 0.25) is 0 Å². The van der Waals surface area contributed by atoms with Gasteiger partial charge in [-0.05, 0) is 52.3 Å². The van der Waals surface area contributed by atoms with Gasteiger partial charge < -0.3 is 13.7 Å². The van der Waals surface area contributed by atoms with Gasteiger partial charge in [-0.3, -0.25) is 0 Å². The molecule has 0 saturated carbocycles. The van der Waals surface area contributed by atoms with E-state index >= 15 is 0 Å². The minimum Gasteiger partial charge on any atom is -0.497 e. The molecule has 0 amide bonds. The molecule has 0 fully saturated rings. The van der Waals surface area contributed by atoms with Gasteiger partial charge in [0, 0.05) is 6.07 Å². The highest BCUT2D eigenvalue weighted by molar-refractivity contribution is 9.10. The van der Waals surface area contributed by atoms with E-state index in [0.717, 1.165) is 0 Å². The van der Waals surface area contributed by atoms with E-state index in [1.807, 2.05) is 0 Å². The lowest BCUT2D eigenvalue weighted by atomic mass is 10.3. The van der Waals surface area contributed by atoms with E-state index in [-0.39, 0.29) is 10.6 Å². The van der Waals surface area contributed by atoms with E-state index in [0.29, 0.717) is 16.0 Å². The Balaban J connectivity index is 2.29. The van der Waals surface area contributed by atoms with Crippen molar-refractivity contribution in [3.8, 4) is 17.2 Å². The van der Waals surface area contributed by atoms with Gasteiger partial charge in [-0.1, -0.05) is 0 Å². The highest BCUT2D eigenvalue weighted by Gasteiger charge is 2.18. The zero-order chi connectivity index (χ0) is 15.5. The van der Waals surface area contributed by atoms with Crippen molar-refractivity contribution in [2.75, 3.05) is 14.2 Å². The summed E-state index contributed by atoms with van der Waals surface area (Å²) in [5.74, 6) is 1.23. The molecule has 0 N–H and O–H groups in total. The fourth-order valence-corrected chi connectivity index (χ4v) is 2.96. The van der Waals surface area contributed by atoms with Crippen LogP contribution < -0.4 is 13.7 Å². The van der Waals surface area contributed by atoms with Crippen molar-refractivity contribution in [1.29, 1.82) is 0 Å². The van der Waals surface area contributed by atoms with Gasteiger partial charge in [0.1, 0.15) is 22.1 Å². The summed E-state index contributed by atoms with van der Waals surface area (Å²) in [5, 5.41) is 0. The quantitative estimate of drug-likeness (QED) is 0.753. The van der Waals surface area contributed by atoms with Crippen molar-refractivity contribution < 1.29 is 22.1 Å². The molecule has 0 heterocycles. The van der Waals surface area contributed by atoms with Crippen LogP contribution in [-0.2, 0) is 10.1 Å². The second-order valence-electron chi connectivity index (χ2n) is 4.01. The molecule has 0 aliphatic heterocycles. The van der Waals surface area contributed by atoms with Crippen LogP contribution in [0.5, 0.6) is 17.2 Å². The maximum atomic E-state index is 12.2. The lowest BCUT2D eigenvalue weighted by Crippen LogP contribution is -2.09. The van der Waals surface area contributed by atoms with Crippen LogP contribution in [0.4, 0.5) is 0 Å². The van der Waals surface area contributed by atoms with Crippen LogP contribution in [0.3, 0.4) is 0 Å². The fourth-order valence-electron chi connectivity index (χ4n) is 1.60. The SMILES string of the molecule is COc1ccc(OS(=O)(=O)c2ccc(Br)c(OC)c2)cc1. The molecule has 0 atom stereocenters. The zero-order valence-corrected chi connectivity index (χ0v) is 13.8. The van der Waals surface area contributed by atoms with Crippen LogP contribution in [0.15, 0.2) is 51.8 Å². The summed E-state index contributed by atoms with van der Waals surface area (Å²) in [6.07, 6.45) is 0. The first-order valence-corrected chi connectivity index (χ1v) is 8.08. The maximum Gasteiger partial charge on any atom is 0.339 e. The van der Waals surface area contributed by atoms with Crippen molar-refractivity contribution in [1.82, 2.24) is 0 Å². The number of methoxy groups -OCH3 is 2. The fraction of sp³-hybridized carbons (Fsp3) is 0.143. The largest absolute Gasteiger partial charge is 0.497 e. The molecule has 2 aromatic carbocycles. The third-order valence-electron chi connectivity index (χ3n) is 2.68. The second-order valence-corrected chi connectivity index (χ2v) is 6.41. The first-order chi connectivity index (χ1) is 9.96. The van der Waals surface area contributed by atoms with Crippen LogP contribution in [0.1, 0.15) is 0 Å². The van der Waals surface area contributed by atoms with Crippen LogP contribution in [0, 0.1) is 0 Å². The van der Waals surface area contributed by atoms with Crippen molar-refractivity contribution in [2.45, 2.75) is 4.90 Å². The molecule has 2 aromatic rings. The van der Waals surface area contributed by atoms with E-state index in [2.05, 4.69) is 15.9 Å². The van der Waals surface area contributed by atoms with E-state index in [1.165, 1.54) is 38.5 Å². The molecule has 0 aliphatic carbocycles. The van der Waals surface area contributed by atoms with Crippen LogP contribution in [-0.4, -0.2) is 22.6 Å². The first kappa shape index (κ1) is 15.7.